The smallest absolute Gasteiger partial charge is 0.212 e. The average molecular weight is 256 g/mol. The van der Waals surface area contributed by atoms with Crippen molar-refractivity contribution in [1.82, 2.24) is 0 Å². The first-order chi connectivity index (χ1) is 8.72. The van der Waals surface area contributed by atoms with Gasteiger partial charge in [0.25, 0.3) is 0 Å². The van der Waals surface area contributed by atoms with E-state index in [2.05, 4.69) is 13.8 Å². The summed E-state index contributed by atoms with van der Waals surface area (Å²) in [6.07, 6.45) is 0. The average Bonchev–Trinajstić information content (AvgIpc) is 2.42. The zero-order valence-corrected chi connectivity index (χ0v) is 13.5. The lowest BCUT2D eigenvalue weighted by Gasteiger charge is -2.03. The van der Waals surface area contributed by atoms with Crippen LogP contribution < -0.4 is 4.74 Å². The summed E-state index contributed by atoms with van der Waals surface area (Å²) in [5, 5.41) is 1.44. The van der Waals surface area contributed by atoms with Crippen molar-refractivity contribution in [2.75, 3.05) is 0 Å². The summed E-state index contributed by atoms with van der Waals surface area (Å²) in [6.45, 7) is 4.51. The normalized spacial score (nSPS) is 9.50. The highest BCUT2D eigenvalue weighted by atomic mass is 27.0. The molecule has 1 nitrogen and oxygen atoms in total. The maximum atomic E-state index is 5.58. The van der Waals surface area contributed by atoms with E-state index in [-0.39, 0.29) is 0 Å². The van der Waals surface area contributed by atoms with Crippen LogP contribution in [0, 0.1) is 5.92 Å². The first-order valence-corrected chi connectivity index (χ1v) is 7.91. The van der Waals surface area contributed by atoms with Gasteiger partial charge in [-0.25, -0.2) is 0 Å². The molecule has 0 bridgehead atoms. The second-order valence-corrected chi connectivity index (χ2v) is 5.35. The lowest BCUT2D eigenvalue weighted by Crippen LogP contribution is -1.81. The minimum Gasteiger partial charge on any atom is -0.457 e. The van der Waals surface area contributed by atoms with Crippen LogP contribution in [0.2, 0.25) is 5.28 Å². The van der Waals surface area contributed by atoms with Crippen LogP contribution in [-0.2, 0) is 0 Å². The maximum Gasteiger partial charge on any atom is 0.212 e. The summed E-state index contributed by atoms with van der Waals surface area (Å²) in [4.78, 5) is 0. The van der Waals surface area contributed by atoms with Gasteiger partial charge in [-0.3, -0.25) is 0 Å². The fourth-order valence-corrected chi connectivity index (χ4v) is 1.11. The molecule has 2 aromatic carbocycles. The van der Waals surface area contributed by atoms with Crippen LogP contribution in [0.4, 0.5) is 0 Å². The topological polar surface area (TPSA) is 9.23 Å². The first kappa shape index (κ1) is 14.8. The Labute approximate surface area is 118 Å². The first-order valence-electron chi connectivity index (χ1n) is 6.50. The number of rotatable bonds is 3. The van der Waals surface area contributed by atoms with Gasteiger partial charge in [-0.15, -0.1) is 0 Å². The third-order valence-corrected chi connectivity index (χ3v) is 4.17. The number of benzene rings is 2. The van der Waals surface area contributed by atoms with Gasteiger partial charge in [0, 0.05) is 0 Å². The third-order valence-electron chi connectivity index (χ3n) is 2.54. The van der Waals surface area contributed by atoms with Gasteiger partial charge in [0.1, 0.15) is 11.5 Å². The van der Waals surface area contributed by atoms with Gasteiger partial charge in [-0.05, 0) is 24.3 Å². The predicted octanol–water partition coefficient (Wildman–Crippen LogP) is 4.17. The molecule has 0 unspecified atom stereocenters. The molecule has 94 valence electrons. The summed E-state index contributed by atoms with van der Waals surface area (Å²) in [7, 11) is 0. The molecule has 0 aliphatic carbocycles. The molecule has 0 radical (unpaired) electrons. The Morgan fingerprint density at radius 3 is 1.44 bits per heavy atom. The Morgan fingerprint density at radius 1 is 0.833 bits per heavy atom. The molecule has 0 atom stereocenters. The number of hydrogen-bond acceptors (Lipinski definition) is 1. The van der Waals surface area contributed by atoms with Gasteiger partial charge in [0.2, 0.25) is 16.3 Å². The van der Waals surface area contributed by atoms with E-state index >= 15 is 0 Å². The monoisotopic (exact) mass is 256 g/mol. The molecule has 0 amide bonds. The lowest BCUT2D eigenvalue weighted by atomic mass is 10.3. The van der Waals surface area contributed by atoms with Crippen molar-refractivity contribution in [3.63, 3.8) is 0 Å². The molecule has 2 heteroatoms. The van der Waals surface area contributed by atoms with Crippen LogP contribution in [0.25, 0.3) is 0 Å². The summed E-state index contributed by atoms with van der Waals surface area (Å²) in [6, 6.07) is 19.5. The molecular formula is C16H21AlO. The fraction of sp³-hybridized carbons (Fsp3) is 0.250. The van der Waals surface area contributed by atoms with Crippen molar-refractivity contribution in [2.24, 2.45) is 5.92 Å². The van der Waals surface area contributed by atoms with E-state index in [1.54, 1.807) is 0 Å². The summed E-state index contributed by atoms with van der Waals surface area (Å²) < 4.78 is 5.58. The molecule has 2 rings (SSSR count). The standard InChI is InChI=1S/C12H10O.C4H9.Al.2H/c1-3-7-11(8-4-1)13-12-9-5-2-6-10-12;1-4(2)3;;;/h1-10H;4H,1H2,2-3H3;;;. The molecule has 0 aliphatic heterocycles. The Kier molecular flexibility index (Phi) is 7.25. The van der Waals surface area contributed by atoms with Crippen LogP contribution >= 0.6 is 0 Å². The highest BCUT2D eigenvalue weighted by Gasteiger charge is 1.92. The van der Waals surface area contributed by atoms with Crippen LogP contribution in [0.3, 0.4) is 0 Å². The van der Waals surface area contributed by atoms with Crippen molar-refractivity contribution in [3.8, 4) is 11.5 Å². The molecule has 0 aliphatic rings. The lowest BCUT2D eigenvalue weighted by molar-refractivity contribution is 0.482. The van der Waals surface area contributed by atoms with E-state index in [0.717, 1.165) is 17.4 Å². The quantitative estimate of drug-likeness (QED) is 0.749. The second kappa shape index (κ2) is 8.80. The molecule has 2 aromatic rings. The van der Waals surface area contributed by atoms with Crippen molar-refractivity contribution >= 4 is 16.3 Å². The molecule has 0 heterocycles. The van der Waals surface area contributed by atoms with Gasteiger partial charge in [-0.1, -0.05) is 61.4 Å². The predicted molar refractivity (Wildman–Crippen MR) is 81.1 cm³/mol. The zero-order chi connectivity index (χ0) is 13.2. The van der Waals surface area contributed by atoms with Crippen molar-refractivity contribution in [2.45, 2.75) is 19.1 Å². The maximum absolute atomic E-state index is 5.58. The van der Waals surface area contributed by atoms with Gasteiger partial charge >= 0.3 is 0 Å². The Balaban J connectivity index is 0.000000280. The van der Waals surface area contributed by atoms with E-state index in [0.29, 0.717) is 0 Å². The van der Waals surface area contributed by atoms with E-state index in [9.17, 15) is 0 Å². The SMILES string of the molecule is CC(C)[CH2][AlH2].c1ccc(Oc2ccccc2)cc1. The summed E-state index contributed by atoms with van der Waals surface area (Å²) in [5.74, 6) is 2.68. The Morgan fingerprint density at radius 2 is 1.17 bits per heavy atom. The van der Waals surface area contributed by atoms with Crippen LogP contribution in [0.5, 0.6) is 11.5 Å². The van der Waals surface area contributed by atoms with Gasteiger partial charge in [-0.2, -0.15) is 0 Å². The zero-order valence-electron chi connectivity index (χ0n) is 11.5. The molecule has 18 heavy (non-hydrogen) atoms. The van der Waals surface area contributed by atoms with E-state index in [4.69, 9.17) is 4.74 Å². The largest absolute Gasteiger partial charge is 0.457 e. The molecule has 0 fully saturated rings. The van der Waals surface area contributed by atoms with Crippen molar-refractivity contribution < 1.29 is 4.74 Å². The van der Waals surface area contributed by atoms with Crippen LogP contribution in [-0.4, -0.2) is 16.3 Å². The van der Waals surface area contributed by atoms with Crippen LogP contribution in [0.1, 0.15) is 13.8 Å². The van der Waals surface area contributed by atoms with Gasteiger partial charge in [0.15, 0.2) is 0 Å². The number of para-hydroxylation sites is 2. The second-order valence-electron chi connectivity index (χ2n) is 4.53. The molecule has 0 aromatic heterocycles. The molecule has 0 saturated heterocycles. The molecule has 0 spiro atoms. The minimum atomic E-state index is 0.869. The fourth-order valence-electron chi connectivity index (χ4n) is 1.11. The van der Waals surface area contributed by atoms with E-state index < -0.39 is 0 Å². The molecular weight excluding hydrogens is 235 g/mol. The van der Waals surface area contributed by atoms with Gasteiger partial charge in [0.05, 0.1) is 0 Å². The Hall–Kier alpha value is -1.23. The number of hydrogen-bond donors (Lipinski definition) is 0. The highest BCUT2D eigenvalue weighted by molar-refractivity contribution is 6.08. The van der Waals surface area contributed by atoms with E-state index in [1.165, 1.54) is 21.6 Å². The van der Waals surface area contributed by atoms with Crippen LogP contribution in [0.15, 0.2) is 60.7 Å². The molecule has 0 saturated carbocycles. The van der Waals surface area contributed by atoms with Crippen molar-refractivity contribution in [1.29, 1.82) is 0 Å². The van der Waals surface area contributed by atoms with Gasteiger partial charge < -0.3 is 4.74 Å². The van der Waals surface area contributed by atoms with E-state index in [1.807, 2.05) is 60.7 Å². The molecule has 0 N–H and O–H groups in total. The third kappa shape index (κ3) is 6.49. The summed E-state index contributed by atoms with van der Waals surface area (Å²) >= 11 is 1.37. The number of ether oxygens (including phenoxy) is 1. The minimum absolute atomic E-state index is 0.869. The van der Waals surface area contributed by atoms with Crippen molar-refractivity contribution in [3.05, 3.63) is 60.7 Å². The Bertz CT molecular complexity index is 374. The summed E-state index contributed by atoms with van der Waals surface area (Å²) in [5.41, 5.74) is 0. The highest BCUT2D eigenvalue weighted by Crippen LogP contribution is 2.19.